The van der Waals surface area contributed by atoms with Gasteiger partial charge in [-0.1, -0.05) is 18.2 Å². The smallest absolute Gasteiger partial charge is 0.219 e. The zero-order valence-corrected chi connectivity index (χ0v) is 13.7. The normalized spacial score (nSPS) is 14.3. The Kier molecular flexibility index (Phi) is 3.04. The molecule has 0 aliphatic carbocycles. The van der Waals surface area contributed by atoms with E-state index >= 15 is 0 Å². The third-order valence-corrected chi connectivity index (χ3v) is 4.84. The highest BCUT2D eigenvalue weighted by Crippen LogP contribution is 2.34. The van der Waals surface area contributed by atoms with Crippen LogP contribution in [0.1, 0.15) is 18.2 Å². The maximum atomic E-state index is 11.8. The van der Waals surface area contributed by atoms with Crippen molar-refractivity contribution >= 4 is 16.8 Å². The number of para-hydroxylation sites is 1. The van der Waals surface area contributed by atoms with Crippen molar-refractivity contribution in [2.24, 2.45) is 14.1 Å². The van der Waals surface area contributed by atoms with Crippen LogP contribution >= 0.6 is 0 Å². The zero-order chi connectivity index (χ0) is 16.1. The van der Waals surface area contributed by atoms with Gasteiger partial charge in [0.1, 0.15) is 0 Å². The molecule has 0 N–H and O–H groups in total. The Morgan fingerprint density at radius 1 is 1.22 bits per heavy atom. The topological polar surface area (TPSA) is 43.1 Å². The Morgan fingerprint density at radius 3 is 2.78 bits per heavy atom. The molecule has 1 amide bonds. The molecular formula is C18H20N4O. The van der Waals surface area contributed by atoms with Crippen molar-refractivity contribution in [3.8, 4) is 11.3 Å². The molecule has 0 saturated heterocycles. The summed E-state index contributed by atoms with van der Waals surface area (Å²) in [7, 11) is 4.06. The van der Waals surface area contributed by atoms with Crippen LogP contribution in [-0.2, 0) is 31.9 Å². The van der Waals surface area contributed by atoms with Crippen molar-refractivity contribution in [3.63, 3.8) is 0 Å². The molecule has 5 nitrogen and oxygen atoms in total. The second kappa shape index (κ2) is 4.98. The maximum absolute atomic E-state index is 11.8. The number of rotatable bonds is 1. The molecule has 0 fully saturated rings. The van der Waals surface area contributed by atoms with E-state index in [0.717, 1.165) is 24.2 Å². The molecule has 23 heavy (non-hydrogen) atoms. The molecule has 0 unspecified atom stereocenters. The standard InChI is InChI=1S/C18H20N4O/c1-12(23)22-9-8-17-15(11-22)18(19-21(17)3)14-10-20(2)16-7-5-4-6-13(14)16/h4-7,10H,8-9,11H2,1-3H3. The lowest BCUT2D eigenvalue weighted by atomic mass is 10.0. The van der Waals surface area contributed by atoms with Crippen LogP contribution < -0.4 is 0 Å². The lowest BCUT2D eigenvalue weighted by molar-refractivity contribution is -0.129. The Hall–Kier alpha value is -2.56. The minimum absolute atomic E-state index is 0.128. The van der Waals surface area contributed by atoms with E-state index in [2.05, 4.69) is 42.1 Å². The summed E-state index contributed by atoms with van der Waals surface area (Å²) in [5.74, 6) is 0.128. The fourth-order valence-electron chi connectivity index (χ4n) is 3.61. The van der Waals surface area contributed by atoms with Gasteiger partial charge in [0.15, 0.2) is 0 Å². The molecule has 0 radical (unpaired) electrons. The number of amides is 1. The van der Waals surface area contributed by atoms with Gasteiger partial charge < -0.3 is 9.47 Å². The Morgan fingerprint density at radius 2 is 2.00 bits per heavy atom. The lowest BCUT2D eigenvalue weighted by Crippen LogP contribution is -2.34. The number of hydrogen-bond donors (Lipinski definition) is 0. The summed E-state index contributed by atoms with van der Waals surface area (Å²) in [6.07, 6.45) is 3.00. The van der Waals surface area contributed by atoms with Crippen LogP contribution in [0.2, 0.25) is 0 Å². The van der Waals surface area contributed by atoms with E-state index in [9.17, 15) is 4.79 Å². The highest BCUT2D eigenvalue weighted by atomic mass is 16.2. The Bertz CT molecular complexity index is 919. The molecule has 0 bridgehead atoms. The van der Waals surface area contributed by atoms with Crippen molar-refractivity contribution in [1.29, 1.82) is 0 Å². The summed E-state index contributed by atoms with van der Waals surface area (Å²) in [6, 6.07) is 8.37. The second-order valence-electron chi connectivity index (χ2n) is 6.26. The highest BCUT2D eigenvalue weighted by molar-refractivity contribution is 5.96. The summed E-state index contributed by atoms with van der Waals surface area (Å²) < 4.78 is 4.11. The van der Waals surface area contributed by atoms with Crippen LogP contribution in [0.15, 0.2) is 30.5 Å². The van der Waals surface area contributed by atoms with Gasteiger partial charge in [-0.15, -0.1) is 0 Å². The molecule has 0 atom stereocenters. The molecule has 1 aromatic carbocycles. The molecule has 3 heterocycles. The Balaban J connectivity index is 1.91. The predicted molar refractivity (Wildman–Crippen MR) is 89.9 cm³/mol. The van der Waals surface area contributed by atoms with Gasteiger partial charge in [-0.25, -0.2) is 0 Å². The predicted octanol–water partition coefficient (Wildman–Crippen LogP) is 2.48. The molecule has 3 aromatic rings. The van der Waals surface area contributed by atoms with Crippen molar-refractivity contribution in [1.82, 2.24) is 19.2 Å². The number of benzene rings is 1. The highest BCUT2D eigenvalue weighted by Gasteiger charge is 2.26. The molecule has 0 spiro atoms. The van der Waals surface area contributed by atoms with Crippen LogP contribution in [-0.4, -0.2) is 31.7 Å². The summed E-state index contributed by atoms with van der Waals surface area (Å²) in [5, 5.41) is 5.99. The number of aryl methyl sites for hydroxylation is 2. The SMILES string of the molecule is CC(=O)N1CCc2c(c(-c3cn(C)c4ccccc34)nn2C)C1. The third kappa shape index (κ3) is 2.07. The van der Waals surface area contributed by atoms with Gasteiger partial charge >= 0.3 is 0 Å². The summed E-state index contributed by atoms with van der Waals surface area (Å²) >= 11 is 0. The van der Waals surface area contributed by atoms with Gasteiger partial charge in [0.05, 0.1) is 5.69 Å². The van der Waals surface area contributed by atoms with E-state index in [4.69, 9.17) is 5.10 Å². The molecular weight excluding hydrogens is 288 g/mol. The van der Waals surface area contributed by atoms with Crippen LogP contribution in [0, 0.1) is 0 Å². The van der Waals surface area contributed by atoms with Crippen LogP contribution in [0.3, 0.4) is 0 Å². The van der Waals surface area contributed by atoms with Crippen LogP contribution in [0.5, 0.6) is 0 Å². The first-order valence-corrected chi connectivity index (χ1v) is 7.91. The molecule has 1 aliphatic heterocycles. The lowest BCUT2D eigenvalue weighted by Gasteiger charge is -2.26. The van der Waals surface area contributed by atoms with Gasteiger partial charge in [-0.3, -0.25) is 9.48 Å². The van der Waals surface area contributed by atoms with E-state index in [-0.39, 0.29) is 5.91 Å². The first kappa shape index (κ1) is 14.1. The van der Waals surface area contributed by atoms with Gasteiger partial charge in [0.2, 0.25) is 5.91 Å². The fourth-order valence-corrected chi connectivity index (χ4v) is 3.61. The maximum Gasteiger partial charge on any atom is 0.219 e. The number of aromatic nitrogens is 3. The summed E-state index contributed by atoms with van der Waals surface area (Å²) in [5.41, 5.74) is 5.77. The number of carbonyl (C=O) groups excluding carboxylic acids is 1. The van der Waals surface area contributed by atoms with E-state index in [1.165, 1.54) is 22.2 Å². The number of fused-ring (bicyclic) bond motifs is 2. The third-order valence-electron chi connectivity index (χ3n) is 4.84. The van der Waals surface area contributed by atoms with Crippen molar-refractivity contribution in [3.05, 3.63) is 41.7 Å². The zero-order valence-electron chi connectivity index (χ0n) is 13.7. The number of carbonyl (C=O) groups is 1. The van der Waals surface area contributed by atoms with E-state index < -0.39 is 0 Å². The number of hydrogen-bond acceptors (Lipinski definition) is 2. The minimum atomic E-state index is 0.128. The Labute approximate surface area is 135 Å². The van der Waals surface area contributed by atoms with E-state index in [1.807, 2.05) is 16.6 Å². The average molecular weight is 308 g/mol. The molecule has 118 valence electrons. The summed E-state index contributed by atoms with van der Waals surface area (Å²) in [4.78, 5) is 13.7. The van der Waals surface area contributed by atoms with Crippen molar-refractivity contribution in [2.45, 2.75) is 19.9 Å². The largest absolute Gasteiger partial charge is 0.350 e. The van der Waals surface area contributed by atoms with Gasteiger partial charge in [-0.2, -0.15) is 5.10 Å². The number of nitrogens with zero attached hydrogens (tertiary/aromatic N) is 4. The first-order valence-electron chi connectivity index (χ1n) is 7.91. The van der Waals surface area contributed by atoms with Crippen molar-refractivity contribution in [2.75, 3.05) is 6.54 Å². The van der Waals surface area contributed by atoms with Gasteiger partial charge in [0.25, 0.3) is 0 Å². The molecule has 2 aromatic heterocycles. The van der Waals surface area contributed by atoms with Crippen LogP contribution in [0.25, 0.3) is 22.2 Å². The molecule has 1 aliphatic rings. The fraction of sp³-hybridized carbons (Fsp3) is 0.333. The molecule has 5 heteroatoms. The van der Waals surface area contributed by atoms with Crippen molar-refractivity contribution < 1.29 is 4.79 Å². The molecule has 4 rings (SSSR count). The quantitative estimate of drug-likeness (QED) is 0.693. The second-order valence-corrected chi connectivity index (χ2v) is 6.26. The summed E-state index contributed by atoms with van der Waals surface area (Å²) in [6.45, 7) is 3.06. The minimum Gasteiger partial charge on any atom is -0.350 e. The van der Waals surface area contributed by atoms with E-state index in [0.29, 0.717) is 6.54 Å². The van der Waals surface area contributed by atoms with Gasteiger partial charge in [-0.05, 0) is 6.07 Å². The average Bonchev–Trinajstić information content (AvgIpc) is 3.05. The van der Waals surface area contributed by atoms with Gasteiger partial charge in [0, 0.05) is 74.5 Å². The van der Waals surface area contributed by atoms with E-state index in [1.54, 1.807) is 6.92 Å². The molecule has 0 saturated carbocycles. The van der Waals surface area contributed by atoms with Crippen LogP contribution in [0.4, 0.5) is 0 Å². The first-order chi connectivity index (χ1) is 11.1. The monoisotopic (exact) mass is 308 g/mol.